The minimum absolute atomic E-state index is 0.237. The maximum Gasteiger partial charge on any atom is 0.226 e. The zero-order chi connectivity index (χ0) is 19.0. The first-order chi connectivity index (χ1) is 13.0. The molecule has 0 atom stereocenters. The van der Waals surface area contributed by atoms with Gasteiger partial charge in [0.1, 0.15) is 11.9 Å². The molecule has 27 heavy (non-hydrogen) atoms. The first kappa shape index (κ1) is 17.5. The molecule has 2 aliphatic rings. The van der Waals surface area contributed by atoms with E-state index < -0.39 is 0 Å². The van der Waals surface area contributed by atoms with Crippen LogP contribution in [0.3, 0.4) is 0 Å². The van der Waals surface area contributed by atoms with Gasteiger partial charge in [-0.05, 0) is 44.4 Å². The van der Waals surface area contributed by atoms with Crippen LogP contribution in [0.1, 0.15) is 47.5 Å². The van der Waals surface area contributed by atoms with Gasteiger partial charge >= 0.3 is 0 Å². The van der Waals surface area contributed by atoms with Gasteiger partial charge in [0.2, 0.25) is 5.91 Å². The number of anilines is 1. The van der Waals surface area contributed by atoms with E-state index in [-0.39, 0.29) is 5.92 Å². The van der Waals surface area contributed by atoms with Crippen molar-refractivity contribution in [1.82, 2.24) is 19.7 Å². The van der Waals surface area contributed by atoms with E-state index in [4.69, 9.17) is 0 Å². The van der Waals surface area contributed by atoms with E-state index in [0.717, 1.165) is 48.6 Å². The molecule has 1 saturated carbocycles. The minimum atomic E-state index is 0.237. The smallest absolute Gasteiger partial charge is 0.226 e. The van der Waals surface area contributed by atoms with Crippen molar-refractivity contribution in [2.45, 2.75) is 52.7 Å². The predicted octanol–water partition coefficient (Wildman–Crippen LogP) is 2.52. The van der Waals surface area contributed by atoms with Crippen LogP contribution < -0.4 is 5.32 Å². The molecular weight excluding hydrogens is 340 g/mol. The molecule has 0 bridgehead atoms. The fourth-order valence-corrected chi connectivity index (χ4v) is 3.79. The van der Waals surface area contributed by atoms with Gasteiger partial charge < -0.3 is 10.2 Å². The van der Waals surface area contributed by atoms with Gasteiger partial charge in [0.25, 0.3) is 0 Å². The number of carbonyl (C=O) groups excluding carboxylic acids is 1. The summed E-state index contributed by atoms with van der Waals surface area (Å²) in [6.45, 7) is 6.44. The standard InChI is InChI=1S/C20H24N6O/c1-13-8-14(2)23-19(18(13)10-21)22-11-16-9-17-12-25(6-7-26(17)24-16)20(27)15-4-3-5-15/h8-9,15H,3-7,11-12H2,1-2H3,(H,22,23). The number of nitrogens with one attached hydrogen (secondary N) is 1. The monoisotopic (exact) mass is 364 g/mol. The molecule has 0 radical (unpaired) electrons. The van der Waals surface area contributed by atoms with Crippen LogP contribution in [0.15, 0.2) is 12.1 Å². The van der Waals surface area contributed by atoms with Gasteiger partial charge in [-0.3, -0.25) is 9.48 Å². The summed E-state index contributed by atoms with van der Waals surface area (Å²) in [4.78, 5) is 18.9. The van der Waals surface area contributed by atoms with Gasteiger partial charge in [0.05, 0.1) is 36.6 Å². The van der Waals surface area contributed by atoms with Crippen LogP contribution >= 0.6 is 0 Å². The Hall–Kier alpha value is -2.88. The Labute approximate surface area is 159 Å². The highest BCUT2D eigenvalue weighted by atomic mass is 16.2. The average molecular weight is 364 g/mol. The summed E-state index contributed by atoms with van der Waals surface area (Å²) in [7, 11) is 0. The largest absolute Gasteiger partial charge is 0.363 e. The Morgan fingerprint density at radius 3 is 2.85 bits per heavy atom. The molecule has 0 spiro atoms. The minimum Gasteiger partial charge on any atom is -0.363 e. The number of rotatable bonds is 4. The number of nitrogens with zero attached hydrogens (tertiary/aromatic N) is 5. The van der Waals surface area contributed by atoms with Crippen molar-refractivity contribution >= 4 is 11.7 Å². The van der Waals surface area contributed by atoms with Crippen molar-refractivity contribution < 1.29 is 4.79 Å². The van der Waals surface area contributed by atoms with Crippen molar-refractivity contribution in [3.8, 4) is 6.07 Å². The summed E-state index contributed by atoms with van der Waals surface area (Å²) >= 11 is 0. The van der Waals surface area contributed by atoms with Crippen molar-refractivity contribution in [1.29, 1.82) is 5.26 Å². The maximum atomic E-state index is 12.5. The SMILES string of the molecule is Cc1cc(C)c(C#N)c(NCc2cc3n(n2)CCN(C(=O)C2CCC2)C3)n1. The molecule has 2 aromatic rings. The number of nitriles is 1. The molecule has 1 fully saturated rings. The lowest BCUT2D eigenvalue weighted by Crippen LogP contribution is -2.43. The molecule has 1 aliphatic carbocycles. The van der Waals surface area contributed by atoms with Gasteiger partial charge in [-0.2, -0.15) is 10.4 Å². The zero-order valence-electron chi connectivity index (χ0n) is 15.8. The summed E-state index contributed by atoms with van der Waals surface area (Å²) in [5.74, 6) is 1.13. The van der Waals surface area contributed by atoms with Gasteiger partial charge in [0, 0.05) is 18.2 Å². The zero-order valence-corrected chi connectivity index (χ0v) is 15.8. The Balaban J connectivity index is 1.45. The van der Waals surface area contributed by atoms with Crippen LogP contribution in [0.5, 0.6) is 0 Å². The first-order valence-corrected chi connectivity index (χ1v) is 9.51. The van der Waals surface area contributed by atoms with E-state index in [2.05, 4.69) is 21.5 Å². The lowest BCUT2D eigenvalue weighted by Gasteiger charge is -2.34. The molecule has 4 rings (SSSR count). The molecule has 2 aromatic heterocycles. The van der Waals surface area contributed by atoms with Gasteiger partial charge in [-0.25, -0.2) is 4.98 Å². The average Bonchev–Trinajstić information content (AvgIpc) is 3.00. The number of aromatic nitrogens is 3. The number of fused-ring (bicyclic) bond motifs is 1. The molecule has 0 saturated heterocycles. The summed E-state index contributed by atoms with van der Waals surface area (Å²) in [6, 6.07) is 6.17. The van der Waals surface area contributed by atoms with Crippen LogP contribution in [0, 0.1) is 31.1 Å². The fraction of sp³-hybridized carbons (Fsp3) is 0.500. The Morgan fingerprint density at radius 2 is 2.15 bits per heavy atom. The molecule has 0 unspecified atom stereocenters. The Morgan fingerprint density at radius 1 is 1.33 bits per heavy atom. The summed E-state index contributed by atoms with van der Waals surface area (Å²) in [5.41, 5.74) is 4.33. The van der Waals surface area contributed by atoms with Crippen molar-refractivity contribution in [3.05, 3.63) is 40.3 Å². The molecule has 1 amide bonds. The molecular formula is C20H24N6O. The molecule has 3 heterocycles. The van der Waals surface area contributed by atoms with E-state index >= 15 is 0 Å². The van der Waals surface area contributed by atoms with E-state index in [1.807, 2.05) is 35.6 Å². The van der Waals surface area contributed by atoms with E-state index in [9.17, 15) is 10.1 Å². The third kappa shape index (κ3) is 3.39. The number of amides is 1. The van der Waals surface area contributed by atoms with Crippen LogP contribution in [0.2, 0.25) is 0 Å². The third-order valence-electron chi connectivity index (χ3n) is 5.51. The summed E-state index contributed by atoms with van der Waals surface area (Å²) in [5, 5.41) is 17.3. The van der Waals surface area contributed by atoms with Gasteiger partial charge in [0.15, 0.2) is 0 Å². The van der Waals surface area contributed by atoms with Crippen LogP contribution in [-0.2, 0) is 24.4 Å². The highest BCUT2D eigenvalue weighted by molar-refractivity contribution is 5.79. The van der Waals surface area contributed by atoms with Crippen molar-refractivity contribution in [2.24, 2.45) is 5.92 Å². The molecule has 1 N–H and O–H groups in total. The number of aryl methyl sites for hydroxylation is 2. The second kappa shape index (κ2) is 7.03. The quantitative estimate of drug-likeness (QED) is 0.901. The summed E-state index contributed by atoms with van der Waals surface area (Å²) in [6.07, 6.45) is 3.25. The number of pyridine rings is 1. The van der Waals surface area contributed by atoms with Gasteiger partial charge in [-0.1, -0.05) is 6.42 Å². The normalized spacial score (nSPS) is 16.4. The molecule has 7 nitrogen and oxygen atoms in total. The van der Waals surface area contributed by atoms with Crippen LogP contribution in [-0.4, -0.2) is 32.1 Å². The number of hydrogen-bond donors (Lipinski definition) is 1. The van der Waals surface area contributed by atoms with Gasteiger partial charge in [-0.15, -0.1) is 0 Å². The Kier molecular flexibility index (Phi) is 4.56. The first-order valence-electron chi connectivity index (χ1n) is 9.51. The highest BCUT2D eigenvalue weighted by Crippen LogP contribution is 2.29. The molecule has 140 valence electrons. The second-order valence-electron chi connectivity index (χ2n) is 7.51. The van der Waals surface area contributed by atoms with E-state index in [1.54, 1.807) is 0 Å². The number of carbonyl (C=O) groups is 1. The van der Waals surface area contributed by atoms with E-state index in [1.165, 1.54) is 6.42 Å². The van der Waals surface area contributed by atoms with Crippen LogP contribution in [0.25, 0.3) is 0 Å². The predicted molar refractivity (Wildman–Crippen MR) is 101 cm³/mol. The van der Waals surface area contributed by atoms with Crippen molar-refractivity contribution in [3.63, 3.8) is 0 Å². The molecule has 7 heteroatoms. The lowest BCUT2D eigenvalue weighted by molar-refractivity contribution is -0.139. The van der Waals surface area contributed by atoms with Crippen molar-refractivity contribution in [2.75, 3.05) is 11.9 Å². The fourth-order valence-electron chi connectivity index (χ4n) is 3.79. The third-order valence-corrected chi connectivity index (χ3v) is 5.51. The molecule has 0 aromatic carbocycles. The second-order valence-corrected chi connectivity index (χ2v) is 7.51. The maximum absolute atomic E-state index is 12.5. The number of hydrogen-bond acceptors (Lipinski definition) is 5. The summed E-state index contributed by atoms with van der Waals surface area (Å²) < 4.78 is 1.99. The topological polar surface area (TPSA) is 86.8 Å². The Bertz CT molecular complexity index is 921. The highest BCUT2D eigenvalue weighted by Gasteiger charge is 2.31. The van der Waals surface area contributed by atoms with E-state index in [0.29, 0.717) is 30.4 Å². The molecule has 1 aliphatic heterocycles. The lowest BCUT2D eigenvalue weighted by atomic mass is 9.84. The van der Waals surface area contributed by atoms with Crippen LogP contribution in [0.4, 0.5) is 5.82 Å².